The van der Waals surface area contributed by atoms with Gasteiger partial charge in [0.25, 0.3) is 0 Å². The molecule has 1 aliphatic rings. The van der Waals surface area contributed by atoms with E-state index < -0.39 is 0 Å². The van der Waals surface area contributed by atoms with Crippen molar-refractivity contribution in [3.63, 3.8) is 0 Å². The van der Waals surface area contributed by atoms with Crippen molar-refractivity contribution in [1.82, 2.24) is 9.97 Å². The van der Waals surface area contributed by atoms with Gasteiger partial charge >= 0.3 is 0 Å². The van der Waals surface area contributed by atoms with Crippen molar-refractivity contribution in [3.05, 3.63) is 18.1 Å². The van der Waals surface area contributed by atoms with Gasteiger partial charge < -0.3 is 15.2 Å². The molecular weight excluding hydrogens is 206 g/mol. The fourth-order valence-electron chi connectivity index (χ4n) is 1.99. The molecule has 1 aromatic heterocycles. The van der Waals surface area contributed by atoms with Gasteiger partial charge in [-0.25, -0.2) is 4.98 Å². The number of ether oxygens (including phenoxy) is 2. The van der Waals surface area contributed by atoms with Crippen LogP contribution in [0.4, 0.5) is 0 Å². The zero-order valence-corrected chi connectivity index (χ0v) is 9.43. The van der Waals surface area contributed by atoms with Gasteiger partial charge in [-0.05, 0) is 18.8 Å². The Hall–Kier alpha value is -1.20. The summed E-state index contributed by atoms with van der Waals surface area (Å²) in [6.07, 6.45) is 5.20. The highest BCUT2D eigenvalue weighted by Crippen LogP contribution is 2.27. The lowest BCUT2D eigenvalue weighted by molar-refractivity contribution is 0.182. The quantitative estimate of drug-likeness (QED) is 0.821. The molecule has 0 aliphatic carbocycles. The first-order valence-electron chi connectivity index (χ1n) is 5.49. The Morgan fingerprint density at radius 2 is 2.38 bits per heavy atom. The lowest BCUT2D eigenvalue weighted by Crippen LogP contribution is -2.18. The van der Waals surface area contributed by atoms with Crippen LogP contribution in [0.5, 0.6) is 5.88 Å². The standard InChI is InChI=1S/C11H17N3O2/c1-15-11-10(13-3-4-14-11)9(12)6-8-2-5-16-7-8/h3-4,8-9H,2,5-7,12H2,1H3. The molecule has 16 heavy (non-hydrogen) atoms. The molecule has 88 valence electrons. The van der Waals surface area contributed by atoms with Gasteiger partial charge in [-0.3, -0.25) is 4.98 Å². The summed E-state index contributed by atoms with van der Waals surface area (Å²) in [5.41, 5.74) is 6.85. The summed E-state index contributed by atoms with van der Waals surface area (Å²) in [5, 5.41) is 0. The zero-order chi connectivity index (χ0) is 11.4. The second kappa shape index (κ2) is 5.23. The molecule has 2 unspecified atom stereocenters. The maximum absolute atomic E-state index is 6.11. The molecule has 1 saturated heterocycles. The smallest absolute Gasteiger partial charge is 0.236 e. The summed E-state index contributed by atoms with van der Waals surface area (Å²) < 4.78 is 10.5. The Kier molecular flexibility index (Phi) is 3.69. The maximum Gasteiger partial charge on any atom is 0.236 e. The molecule has 2 rings (SSSR count). The van der Waals surface area contributed by atoms with Gasteiger partial charge in [-0.2, -0.15) is 0 Å². The Morgan fingerprint density at radius 3 is 3.06 bits per heavy atom. The van der Waals surface area contributed by atoms with Gasteiger partial charge in [-0.1, -0.05) is 0 Å². The SMILES string of the molecule is COc1nccnc1C(N)CC1CCOC1. The topological polar surface area (TPSA) is 70.3 Å². The van der Waals surface area contributed by atoms with Crippen molar-refractivity contribution in [2.75, 3.05) is 20.3 Å². The molecule has 1 aliphatic heterocycles. The number of rotatable bonds is 4. The van der Waals surface area contributed by atoms with Crippen LogP contribution in [-0.2, 0) is 4.74 Å². The molecule has 0 amide bonds. The van der Waals surface area contributed by atoms with Crippen LogP contribution in [-0.4, -0.2) is 30.3 Å². The molecule has 5 heteroatoms. The van der Waals surface area contributed by atoms with Crippen LogP contribution in [0.15, 0.2) is 12.4 Å². The van der Waals surface area contributed by atoms with Gasteiger partial charge in [-0.15, -0.1) is 0 Å². The summed E-state index contributed by atoms with van der Waals surface area (Å²) in [6, 6.07) is -0.129. The minimum absolute atomic E-state index is 0.129. The highest BCUT2D eigenvalue weighted by Gasteiger charge is 2.22. The highest BCUT2D eigenvalue weighted by molar-refractivity contribution is 5.20. The van der Waals surface area contributed by atoms with Crippen molar-refractivity contribution in [1.29, 1.82) is 0 Å². The molecule has 2 atom stereocenters. The van der Waals surface area contributed by atoms with E-state index in [-0.39, 0.29) is 6.04 Å². The van der Waals surface area contributed by atoms with Crippen molar-refractivity contribution < 1.29 is 9.47 Å². The Balaban J connectivity index is 2.04. The molecule has 2 N–H and O–H groups in total. The Bertz CT molecular complexity index is 340. The lowest BCUT2D eigenvalue weighted by Gasteiger charge is -2.16. The fraction of sp³-hybridized carbons (Fsp3) is 0.636. The monoisotopic (exact) mass is 223 g/mol. The molecule has 0 saturated carbocycles. The lowest BCUT2D eigenvalue weighted by atomic mass is 9.98. The molecule has 0 spiro atoms. The van der Waals surface area contributed by atoms with E-state index in [1.165, 1.54) is 0 Å². The third-order valence-corrected chi connectivity index (χ3v) is 2.85. The van der Waals surface area contributed by atoms with E-state index in [0.29, 0.717) is 11.8 Å². The normalized spacial score (nSPS) is 22.0. The molecule has 2 heterocycles. The Morgan fingerprint density at radius 1 is 1.56 bits per heavy atom. The zero-order valence-electron chi connectivity index (χ0n) is 9.43. The van der Waals surface area contributed by atoms with Crippen LogP contribution in [0.3, 0.4) is 0 Å². The van der Waals surface area contributed by atoms with E-state index in [0.717, 1.165) is 31.7 Å². The highest BCUT2D eigenvalue weighted by atomic mass is 16.5. The second-order valence-corrected chi connectivity index (χ2v) is 4.02. The van der Waals surface area contributed by atoms with Crippen LogP contribution in [0.25, 0.3) is 0 Å². The van der Waals surface area contributed by atoms with Gasteiger partial charge in [0.15, 0.2) is 0 Å². The van der Waals surface area contributed by atoms with Gasteiger partial charge in [0.2, 0.25) is 5.88 Å². The second-order valence-electron chi connectivity index (χ2n) is 4.02. The van der Waals surface area contributed by atoms with Crippen LogP contribution >= 0.6 is 0 Å². The predicted molar refractivity (Wildman–Crippen MR) is 59.1 cm³/mol. The number of hydrogen-bond acceptors (Lipinski definition) is 5. The van der Waals surface area contributed by atoms with Crippen molar-refractivity contribution in [3.8, 4) is 5.88 Å². The average Bonchev–Trinajstić information content (AvgIpc) is 2.81. The van der Waals surface area contributed by atoms with E-state index >= 15 is 0 Å². The Labute approximate surface area is 95.0 Å². The van der Waals surface area contributed by atoms with E-state index in [2.05, 4.69) is 9.97 Å². The van der Waals surface area contributed by atoms with Gasteiger partial charge in [0.05, 0.1) is 13.2 Å². The third kappa shape index (κ3) is 2.48. The van der Waals surface area contributed by atoms with Crippen LogP contribution < -0.4 is 10.5 Å². The predicted octanol–water partition coefficient (Wildman–Crippen LogP) is 0.912. The number of nitrogens with two attached hydrogens (primary N) is 1. The fourth-order valence-corrected chi connectivity index (χ4v) is 1.99. The number of methoxy groups -OCH3 is 1. The van der Waals surface area contributed by atoms with E-state index in [1.807, 2.05) is 0 Å². The largest absolute Gasteiger partial charge is 0.480 e. The van der Waals surface area contributed by atoms with Crippen molar-refractivity contribution in [2.45, 2.75) is 18.9 Å². The minimum atomic E-state index is -0.129. The molecule has 0 aromatic carbocycles. The van der Waals surface area contributed by atoms with Crippen molar-refractivity contribution >= 4 is 0 Å². The number of hydrogen-bond donors (Lipinski definition) is 1. The summed E-state index contributed by atoms with van der Waals surface area (Å²) >= 11 is 0. The van der Waals surface area contributed by atoms with Gasteiger partial charge in [0.1, 0.15) is 5.69 Å². The molecule has 1 aromatic rings. The van der Waals surface area contributed by atoms with E-state index in [1.54, 1.807) is 19.5 Å². The number of nitrogens with zero attached hydrogens (tertiary/aromatic N) is 2. The number of aromatic nitrogens is 2. The first-order valence-corrected chi connectivity index (χ1v) is 5.49. The third-order valence-electron chi connectivity index (χ3n) is 2.85. The maximum atomic E-state index is 6.11. The molecule has 0 radical (unpaired) electrons. The molecule has 1 fully saturated rings. The van der Waals surface area contributed by atoms with Crippen LogP contribution in [0.2, 0.25) is 0 Å². The first-order chi connectivity index (χ1) is 7.81. The first kappa shape index (κ1) is 11.3. The summed E-state index contributed by atoms with van der Waals surface area (Å²) in [4.78, 5) is 8.34. The van der Waals surface area contributed by atoms with Gasteiger partial charge in [0, 0.05) is 25.6 Å². The van der Waals surface area contributed by atoms with Crippen LogP contribution in [0.1, 0.15) is 24.6 Å². The molecule has 5 nitrogen and oxygen atoms in total. The minimum Gasteiger partial charge on any atom is -0.480 e. The summed E-state index contributed by atoms with van der Waals surface area (Å²) in [7, 11) is 1.58. The van der Waals surface area contributed by atoms with Crippen LogP contribution in [0, 0.1) is 5.92 Å². The molecule has 0 bridgehead atoms. The molecular formula is C11H17N3O2. The van der Waals surface area contributed by atoms with Crippen molar-refractivity contribution in [2.24, 2.45) is 11.7 Å². The summed E-state index contributed by atoms with van der Waals surface area (Å²) in [6.45, 7) is 1.64. The van der Waals surface area contributed by atoms with E-state index in [4.69, 9.17) is 15.2 Å². The average molecular weight is 223 g/mol. The van der Waals surface area contributed by atoms with E-state index in [9.17, 15) is 0 Å². The summed E-state index contributed by atoms with van der Waals surface area (Å²) in [5.74, 6) is 1.05.